The predicted molar refractivity (Wildman–Crippen MR) is 304 cm³/mol. The molecule has 368 valence electrons. The Labute approximate surface area is 471 Å². The third-order valence-electron chi connectivity index (χ3n) is 13.8. The third kappa shape index (κ3) is 12.3. The van der Waals surface area contributed by atoms with E-state index in [-0.39, 0.29) is 17.1 Å². The second kappa shape index (κ2) is 23.6. The molecule has 12 rings (SSSR count). The number of nitriles is 1. The average Bonchev–Trinajstić information content (AvgIpc) is 3.74. The van der Waals surface area contributed by atoms with E-state index in [4.69, 9.17) is 104 Å². The molecule has 8 aromatic rings. The van der Waals surface area contributed by atoms with E-state index in [1.54, 1.807) is 12.1 Å². The van der Waals surface area contributed by atoms with E-state index in [0.717, 1.165) is 149 Å². The molecule has 8 aromatic carbocycles. The SMILES string of the molecule is Clc1ccc2c(c1)CCc1cc(Cl)ccc1C2Cl.N#CC1c2ccc(Cl)cc2CCc2cc(Cl)ccc21.O=C1c2ccc(Cl)cc2CCc2cc(Cl)ccc21.OC1c2ccc(Cl)cc2CCc2cc(Cl)ccc21. The molecule has 0 amide bonds. The van der Waals surface area contributed by atoms with Gasteiger partial charge in [-0.15, -0.1) is 11.6 Å². The molecule has 4 aliphatic carbocycles. The quantitative estimate of drug-likeness (QED) is 0.154. The molecule has 0 unspecified atom stereocenters. The number of benzene rings is 8. The lowest BCUT2D eigenvalue weighted by Crippen LogP contribution is -2.03. The highest BCUT2D eigenvalue weighted by Gasteiger charge is 2.26. The van der Waals surface area contributed by atoms with Crippen molar-refractivity contribution in [2.75, 3.05) is 0 Å². The smallest absolute Gasteiger partial charge is 0.193 e. The monoisotopic (exact) mass is 1140 g/mol. The molecule has 3 nitrogen and oxygen atoms in total. The first-order chi connectivity index (χ1) is 35.1. The molecule has 0 atom stereocenters. The van der Waals surface area contributed by atoms with Gasteiger partial charge >= 0.3 is 0 Å². The summed E-state index contributed by atoms with van der Waals surface area (Å²) in [7, 11) is 0. The van der Waals surface area contributed by atoms with Gasteiger partial charge in [0.05, 0.1) is 17.4 Å². The molecule has 73 heavy (non-hydrogen) atoms. The van der Waals surface area contributed by atoms with E-state index < -0.39 is 6.10 Å². The van der Waals surface area contributed by atoms with Gasteiger partial charge in [0.2, 0.25) is 0 Å². The van der Waals surface area contributed by atoms with Crippen LogP contribution in [0.25, 0.3) is 0 Å². The third-order valence-corrected chi connectivity index (χ3v) is 16.1. The second-order valence-electron chi connectivity index (χ2n) is 18.3. The Morgan fingerprint density at radius 3 is 0.904 bits per heavy atom. The minimum atomic E-state index is -0.591. The fraction of sp³-hybridized carbons (Fsp3) is 0.180. The van der Waals surface area contributed by atoms with Crippen molar-refractivity contribution in [3.63, 3.8) is 0 Å². The first-order valence-corrected chi connectivity index (χ1v) is 27.1. The van der Waals surface area contributed by atoms with Crippen LogP contribution < -0.4 is 0 Å². The minimum absolute atomic E-state index is 0.0610. The predicted octanol–water partition coefficient (Wildman–Crippen LogP) is 18.7. The number of rotatable bonds is 0. The summed E-state index contributed by atoms with van der Waals surface area (Å²) >= 11 is 54.8. The molecular formula is C61H44Cl9NO2. The Morgan fingerprint density at radius 1 is 0.356 bits per heavy atom. The molecule has 0 fully saturated rings. The van der Waals surface area contributed by atoms with Crippen molar-refractivity contribution in [3.05, 3.63) is 275 Å². The number of halogens is 9. The van der Waals surface area contributed by atoms with Gasteiger partial charge in [-0.3, -0.25) is 4.79 Å². The zero-order valence-corrected chi connectivity index (χ0v) is 45.8. The van der Waals surface area contributed by atoms with E-state index >= 15 is 0 Å². The van der Waals surface area contributed by atoms with Crippen LogP contribution in [0.4, 0.5) is 0 Å². The van der Waals surface area contributed by atoms with Crippen LogP contribution in [-0.4, -0.2) is 10.9 Å². The number of alkyl halides is 1. The fourth-order valence-electron chi connectivity index (χ4n) is 10.2. The lowest BCUT2D eigenvalue weighted by Gasteiger charge is -2.14. The number of aryl methyl sites for hydroxylation is 8. The molecule has 0 saturated heterocycles. The van der Waals surface area contributed by atoms with Crippen molar-refractivity contribution in [3.8, 4) is 6.07 Å². The minimum Gasteiger partial charge on any atom is -0.384 e. The molecule has 0 aliphatic heterocycles. The largest absolute Gasteiger partial charge is 0.384 e. The van der Waals surface area contributed by atoms with Crippen LogP contribution in [0.2, 0.25) is 40.2 Å². The number of ketones is 1. The summed E-state index contributed by atoms with van der Waals surface area (Å²) in [5.41, 5.74) is 16.9. The average molecular weight is 1140 g/mol. The number of carbonyl (C=O) groups excluding carboxylic acids is 1. The normalized spacial score (nSPS) is 14.4. The molecule has 4 aliphatic rings. The van der Waals surface area contributed by atoms with Crippen LogP contribution in [-0.2, 0) is 51.4 Å². The van der Waals surface area contributed by atoms with Crippen LogP contribution in [0.5, 0.6) is 0 Å². The van der Waals surface area contributed by atoms with Gasteiger partial charge in [0, 0.05) is 51.3 Å². The van der Waals surface area contributed by atoms with E-state index in [1.165, 1.54) is 11.1 Å². The standard InChI is InChI=1S/C16H11Cl2N.C15H11Cl3.C15H12Cl2O.C15H10Cl2O/c17-12-3-5-14-10(7-12)1-2-11-8-13(18)4-6-15(11)16(14)9-19;3*16-11-3-5-13-9(7-11)1-2-10-8-12(17)4-6-14(10)15(13)18/h3-8,16H,1-2H2;3-8,15H,1-2H2;3-8,15,18H,1-2H2;3-8H,1-2H2. The molecule has 12 heteroatoms. The van der Waals surface area contributed by atoms with E-state index in [2.05, 4.69) is 6.07 Å². The molecule has 0 saturated carbocycles. The Bertz CT molecular complexity index is 3130. The van der Waals surface area contributed by atoms with E-state index in [1.807, 2.05) is 133 Å². The maximum atomic E-state index is 12.5. The van der Waals surface area contributed by atoms with Gasteiger partial charge in [0.25, 0.3) is 0 Å². The Kier molecular flexibility index (Phi) is 17.2. The number of fused-ring (bicyclic) bond motifs is 8. The number of aliphatic hydroxyl groups excluding tert-OH is 1. The van der Waals surface area contributed by atoms with E-state index in [9.17, 15) is 15.2 Å². The van der Waals surface area contributed by atoms with Crippen molar-refractivity contribution >= 4 is 110 Å². The number of hydrogen-bond acceptors (Lipinski definition) is 3. The van der Waals surface area contributed by atoms with Crippen molar-refractivity contribution in [1.82, 2.24) is 0 Å². The molecule has 0 heterocycles. The highest BCUT2D eigenvalue weighted by Crippen LogP contribution is 2.40. The molecule has 0 bridgehead atoms. The Hall–Kier alpha value is -4.51. The first kappa shape index (κ1) is 53.3. The van der Waals surface area contributed by atoms with Gasteiger partial charge in [-0.2, -0.15) is 5.26 Å². The maximum absolute atomic E-state index is 12.5. The topological polar surface area (TPSA) is 61.1 Å². The van der Waals surface area contributed by atoms with Crippen molar-refractivity contribution < 1.29 is 9.90 Å². The summed E-state index contributed by atoms with van der Waals surface area (Å²) in [5.74, 6) is -0.173. The summed E-state index contributed by atoms with van der Waals surface area (Å²) in [6, 6.07) is 48.1. The Balaban J connectivity index is 0.000000120. The van der Waals surface area contributed by atoms with Gasteiger partial charge in [-0.1, -0.05) is 129 Å². The highest BCUT2D eigenvalue weighted by molar-refractivity contribution is 6.33. The summed E-state index contributed by atoms with van der Waals surface area (Å²) in [5, 5.41) is 25.6. The van der Waals surface area contributed by atoms with Gasteiger partial charge in [0.1, 0.15) is 6.10 Å². The molecule has 0 radical (unpaired) electrons. The number of hydrogen-bond donors (Lipinski definition) is 1. The zero-order chi connectivity index (χ0) is 51.5. The maximum Gasteiger partial charge on any atom is 0.193 e. The summed E-state index contributed by atoms with van der Waals surface area (Å²) in [6.45, 7) is 0. The Morgan fingerprint density at radius 2 is 0.589 bits per heavy atom. The lowest BCUT2D eigenvalue weighted by atomic mass is 9.89. The van der Waals surface area contributed by atoms with Crippen molar-refractivity contribution in [2.24, 2.45) is 0 Å². The summed E-state index contributed by atoms with van der Waals surface area (Å²) in [4.78, 5) is 12.5. The van der Waals surface area contributed by atoms with Gasteiger partial charge in [-0.25, -0.2) is 0 Å². The fourth-order valence-corrected chi connectivity index (χ4v) is 12.2. The summed E-state index contributed by atoms with van der Waals surface area (Å²) in [6.07, 6.45) is 6.47. The summed E-state index contributed by atoms with van der Waals surface area (Å²) < 4.78 is 0. The van der Waals surface area contributed by atoms with Crippen LogP contribution in [0.3, 0.4) is 0 Å². The first-order valence-electron chi connectivity index (χ1n) is 23.7. The van der Waals surface area contributed by atoms with Crippen LogP contribution >= 0.6 is 104 Å². The van der Waals surface area contributed by atoms with E-state index in [0.29, 0.717) is 20.1 Å². The number of aliphatic hydroxyl groups is 1. The number of carbonyl (C=O) groups is 1. The molecule has 0 spiro atoms. The molecule has 0 aromatic heterocycles. The van der Waals surface area contributed by atoms with Crippen LogP contribution in [0, 0.1) is 11.3 Å². The van der Waals surface area contributed by atoms with Gasteiger partial charge in [-0.05, 0) is 238 Å². The van der Waals surface area contributed by atoms with Crippen LogP contribution in [0.15, 0.2) is 146 Å². The van der Waals surface area contributed by atoms with Crippen molar-refractivity contribution in [1.29, 1.82) is 5.26 Å². The van der Waals surface area contributed by atoms with Crippen molar-refractivity contribution in [2.45, 2.75) is 68.8 Å². The number of nitrogens with zero attached hydrogens (tertiary/aromatic N) is 1. The van der Waals surface area contributed by atoms with Gasteiger partial charge < -0.3 is 5.11 Å². The van der Waals surface area contributed by atoms with Crippen LogP contribution in [0.1, 0.15) is 111 Å². The molecular weight excluding hydrogens is 1100 g/mol. The second-order valence-corrected chi connectivity index (χ2v) is 22.2. The zero-order valence-electron chi connectivity index (χ0n) is 38.9. The molecule has 1 N–H and O–H groups in total. The lowest BCUT2D eigenvalue weighted by molar-refractivity contribution is 0.103. The highest BCUT2D eigenvalue weighted by atomic mass is 35.5. The van der Waals surface area contributed by atoms with Gasteiger partial charge in [0.15, 0.2) is 5.78 Å².